The van der Waals surface area contributed by atoms with Gasteiger partial charge in [-0.25, -0.2) is 8.42 Å². The van der Waals surface area contributed by atoms with Gasteiger partial charge < -0.3 is 14.8 Å². The molecule has 2 N–H and O–H groups in total. The van der Waals surface area contributed by atoms with E-state index in [1.54, 1.807) is 12.1 Å². The maximum atomic E-state index is 12.4. The molecule has 1 amide bonds. The van der Waals surface area contributed by atoms with Crippen LogP contribution >= 0.6 is 0 Å². The smallest absolute Gasteiger partial charge is 0.321 e. The third kappa shape index (κ3) is 6.08. The van der Waals surface area contributed by atoms with E-state index in [0.29, 0.717) is 5.75 Å². The Bertz CT molecular complexity index is 913. The number of nitrogens with one attached hydrogen (secondary N) is 2. The van der Waals surface area contributed by atoms with Crippen LogP contribution in [-0.4, -0.2) is 33.9 Å². The molecule has 0 unspecified atom stereocenters. The molecular weight excluding hydrogens is 372 g/mol. The van der Waals surface area contributed by atoms with Crippen molar-refractivity contribution in [1.29, 1.82) is 0 Å². The molecule has 0 radical (unpaired) electrons. The first-order chi connectivity index (χ1) is 12.8. The quantitative estimate of drug-likeness (QED) is 0.661. The van der Waals surface area contributed by atoms with E-state index in [0.717, 1.165) is 5.56 Å². The van der Waals surface area contributed by atoms with E-state index in [4.69, 9.17) is 9.47 Å². The number of benzene rings is 2. The third-order valence-electron chi connectivity index (χ3n) is 3.44. The van der Waals surface area contributed by atoms with Gasteiger partial charge in [0.25, 0.3) is 0 Å². The van der Waals surface area contributed by atoms with E-state index in [1.807, 2.05) is 18.2 Å². The van der Waals surface area contributed by atoms with Gasteiger partial charge in [-0.1, -0.05) is 30.3 Å². The molecule has 0 saturated carbocycles. The van der Waals surface area contributed by atoms with Gasteiger partial charge in [-0.15, -0.1) is 0 Å². The molecule has 0 heterocycles. The summed E-state index contributed by atoms with van der Waals surface area (Å²) >= 11 is 0. The van der Waals surface area contributed by atoms with Crippen LogP contribution in [0.4, 0.5) is 5.69 Å². The Hall–Kier alpha value is -2.91. The number of rotatable bonds is 8. The van der Waals surface area contributed by atoms with Crippen molar-refractivity contribution < 1.29 is 27.5 Å². The number of carbonyl (C=O) groups is 2. The average Bonchev–Trinajstić information content (AvgIpc) is 2.65. The van der Waals surface area contributed by atoms with Crippen molar-refractivity contribution in [3.05, 3.63) is 54.1 Å². The summed E-state index contributed by atoms with van der Waals surface area (Å²) in [5.41, 5.74) is 1.00. The lowest BCUT2D eigenvalue weighted by molar-refractivity contribution is -0.143. The van der Waals surface area contributed by atoms with E-state index >= 15 is 0 Å². The third-order valence-corrected chi connectivity index (χ3v) is 4.84. The van der Waals surface area contributed by atoms with Crippen LogP contribution in [0.2, 0.25) is 0 Å². The molecule has 144 valence electrons. The Kier molecular flexibility index (Phi) is 6.91. The second-order valence-electron chi connectivity index (χ2n) is 5.51. The minimum absolute atomic E-state index is 0.0522. The first kappa shape index (κ1) is 20.4. The predicted molar refractivity (Wildman–Crippen MR) is 98.7 cm³/mol. The fourth-order valence-corrected chi connectivity index (χ4v) is 3.16. The van der Waals surface area contributed by atoms with Gasteiger partial charge in [-0.05, 0) is 23.8 Å². The molecule has 0 fully saturated rings. The lowest BCUT2D eigenvalue weighted by Gasteiger charge is -2.12. The number of hydrogen-bond donors (Lipinski definition) is 2. The van der Waals surface area contributed by atoms with Crippen LogP contribution in [0.3, 0.4) is 0 Å². The Morgan fingerprint density at radius 1 is 1.07 bits per heavy atom. The molecule has 0 aromatic heterocycles. The molecule has 0 atom stereocenters. The highest BCUT2D eigenvalue weighted by Gasteiger charge is 2.18. The maximum Gasteiger partial charge on any atom is 0.321 e. The molecule has 2 rings (SSSR count). The highest BCUT2D eigenvalue weighted by molar-refractivity contribution is 7.89. The second-order valence-corrected chi connectivity index (χ2v) is 7.28. The molecule has 2 aromatic rings. The SMILES string of the molecule is COc1ccc(S(=O)(=O)NCC(=O)OCc2ccccc2)cc1NC(C)=O. The molecule has 27 heavy (non-hydrogen) atoms. The largest absolute Gasteiger partial charge is 0.495 e. The monoisotopic (exact) mass is 392 g/mol. The summed E-state index contributed by atoms with van der Waals surface area (Å²) in [6.07, 6.45) is 0. The summed E-state index contributed by atoms with van der Waals surface area (Å²) in [6, 6.07) is 13.0. The second kappa shape index (κ2) is 9.15. The van der Waals surface area contributed by atoms with Crippen LogP contribution in [0.1, 0.15) is 12.5 Å². The van der Waals surface area contributed by atoms with Crippen LogP contribution < -0.4 is 14.8 Å². The Morgan fingerprint density at radius 3 is 2.41 bits per heavy atom. The molecule has 0 spiro atoms. The van der Waals surface area contributed by atoms with Crippen molar-refractivity contribution in [2.75, 3.05) is 19.0 Å². The lowest BCUT2D eigenvalue weighted by atomic mass is 10.2. The average molecular weight is 392 g/mol. The minimum Gasteiger partial charge on any atom is -0.495 e. The zero-order valence-corrected chi connectivity index (χ0v) is 15.7. The van der Waals surface area contributed by atoms with Crippen LogP contribution in [-0.2, 0) is 31.0 Å². The summed E-state index contributed by atoms with van der Waals surface area (Å²) in [4.78, 5) is 22.9. The molecule has 0 aliphatic heterocycles. The summed E-state index contributed by atoms with van der Waals surface area (Å²) < 4.78 is 37.0. The van der Waals surface area contributed by atoms with Crippen LogP contribution in [0.5, 0.6) is 5.75 Å². The van der Waals surface area contributed by atoms with Gasteiger partial charge in [0, 0.05) is 6.92 Å². The number of sulfonamides is 1. The zero-order chi connectivity index (χ0) is 19.9. The van der Waals surface area contributed by atoms with Gasteiger partial charge in [0.15, 0.2) is 0 Å². The van der Waals surface area contributed by atoms with E-state index in [2.05, 4.69) is 10.0 Å². The van der Waals surface area contributed by atoms with Crippen molar-refractivity contribution in [3.8, 4) is 5.75 Å². The number of amides is 1. The Balaban J connectivity index is 2.01. The number of methoxy groups -OCH3 is 1. The van der Waals surface area contributed by atoms with Gasteiger partial charge in [-0.3, -0.25) is 9.59 Å². The molecule has 0 bridgehead atoms. The minimum atomic E-state index is -3.98. The first-order valence-electron chi connectivity index (χ1n) is 7.96. The van der Waals surface area contributed by atoms with Gasteiger partial charge in [0.1, 0.15) is 18.9 Å². The highest BCUT2D eigenvalue weighted by atomic mass is 32.2. The predicted octanol–water partition coefficient (Wildman–Crippen LogP) is 1.68. The number of esters is 1. The Morgan fingerprint density at radius 2 is 1.78 bits per heavy atom. The van der Waals surface area contributed by atoms with Crippen molar-refractivity contribution >= 4 is 27.6 Å². The molecular formula is C18H20N2O6S. The van der Waals surface area contributed by atoms with Crippen molar-refractivity contribution in [3.63, 3.8) is 0 Å². The van der Waals surface area contributed by atoms with Crippen molar-refractivity contribution in [2.45, 2.75) is 18.4 Å². The maximum absolute atomic E-state index is 12.4. The topological polar surface area (TPSA) is 111 Å². The number of hydrogen-bond acceptors (Lipinski definition) is 6. The van der Waals surface area contributed by atoms with Crippen LogP contribution in [0, 0.1) is 0 Å². The Labute approximate surface area is 157 Å². The van der Waals surface area contributed by atoms with Gasteiger partial charge >= 0.3 is 5.97 Å². The van der Waals surface area contributed by atoms with Crippen molar-refractivity contribution in [2.24, 2.45) is 0 Å². The highest BCUT2D eigenvalue weighted by Crippen LogP contribution is 2.27. The van der Waals surface area contributed by atoms with Crippen molar-refractivity contribution in [1.82, 2.24) is 4.72 Å². The summed E-state index contributed by atoms with van der Waals surface area (Å²) in [7, 11) is -2.58. The molecule has 0 saturated heterocycles. The fraction of sp³-hybridized carbons (Fsp3) is 0.222. The standard InChI is InChI=1S/C18H20N2O6S/c1-13(21)20-16-10-15(8-9-17(16)25-2)27(23,24)19-11-18(22)26-12-14-6-4-3-5-7-14/h3-10,19H,11-12H2,1-2H3,(H,20,21). The van der Waals surface area contributed by atoms with Gasteiger partial charge in [0.05, 0.1) is 17.7 Å². The van der Waals surface area contributed by atoms with Gasteiger partial charge in [0.2, 0.25) is 15.9 Å². The van der Waals surface area contributed by atoms with Crippen LogP contribution in [0.25, 0.3) is 0 Å². The van der Waals surface area contributed by atoms with E-state index in [9.17, 15) is 18.0 Å². The molecule has 0 aliphatic carbocycles. The number of anilines is 1. The van der Waals surface area contributed by atoms with Gasteiger partial charge in [-0.2, -0.15) is 4.72 Å². The normalized spacial score (nSPS) is 10.9. The summed E-state index contributed by atoms with van der Waals surface area (Å²) in [5.74, 6) is -0.773. The first-order valence-corrected chi connectivity index (χ1v) is 9.45. The van der Waals surface area contributed by atoms with E-state index in [-0.39, 0.29) is 23.1 Å². The van der Waals surface area contributed by atoms with E-state index < -0.39 is 22.5 Å². The lowest BCUT2D eigenvalue weighted by Crippen LogP contribution is -2.30. The number of ether oxygens (including phenoxy) is 2. The van der Waals surface area contributed by atoms with E-state index in [1.165, 1.54) is 32.2 Å². The fourth-order valence-electron chi connectivity index (χ4n) is 2.17. The van der Waals surface area contributed by atoms with Crippen LogP contribution in [0.15, 0.2) is 53.4 Å². The zero-order valence-electron chi connectivity index (χ0n) is 14.9. The molecule has 2 aromatic carbocycles. The summed E-state index contributed by atoms with van der Waals surface area (Å²) in [5, 5.41) is 2.49. The number of carbonyl (C=O) groups excluding carboxylic acids is 2. The molecule has 0 aliphatic rings. The molecule has 9 heteroatoms. The molecule has 8 nitrogen and oxygen atoms in total. The summed E-state index contributed by atoms with van der Waals surface area (Å²) in [6.45, 7) is 0.828.